The first kappa shape index (κ1) is 32.6. The van der Waals surface area contributed by atoms with Crippen molar-refractivity contribution in [3.8, 4) is 0 Å². The van der Waals surface area contributed by atoms with E-state index in [4.69, 9.17) is 38.2 Å². The van der Waals surface area contributed by atoms with Crippen molar-refractivity contribution >= 4 is 45.5 Å². The SMILES string of the molecule is CC(=O)OC[C@@H](OC(C)=O)[C@H]1O[C@H](OP(=O)(O)OP(=O)(O)O)[C@@H](OC(C)=O)[C@@H](OC(C)=O)[C@@H]1OC(C)=O. The minimum Gasteiger partial charge on any atom is -0.462 e. The maximum Gasteiger partial charge on any atom is 0.483 e. The lowest BCUT2D eigenvalue weighted by molar-refractivity contribution is -0.301. The number of esters is 5. The van der Waals surface area contributed by atoms with Crippen molar-refractivity contribution in [1.82, 2.24) is 0 Å². The second kappa shape index (κ2) is 13.4. The van der Waals surface area contributed by atoms with Gasteiger partial charge in [0.05, 0.1) is 0 Å². The number of hydrogen-bond acceptors (Lipinski definition) is 15. The number of rotatable bonds is 11. The molecule has 3 N–H and O–H groups in total. The molecule has 0 radical (unpaired) electrons. The van der Waals surface area contributed by atoms with Gasteiger partial charge >= 0.3 is 45.5 Å². The Kier molecular flexibility index (Phi) is 11.8. The molecule has 212 valence electrons. The molecule has 1 saturated heterocycles. The highest BCUT2D eigenvalue weighted by molar-refractivity contribution is 7.60. The van der Waals surface area contributed by atoms with Crippen LogP contribution in [0.5, 0.6) is 0 Å². The summed E-state index contributed by atoms with van der Waals surface area (Å²) >= 11 is 0. The van der Waals surface area contributed by atoms with Gasteiger partial charge in [-0.2, -0.15) is 4.31 Å². The number of carbonyl (C=O) groups excluding carboxylic acids is 5. The molecule has 0 aromatic heterocycles. The van der Waals surface area contributed by atoms with Crippen molar-refractivity contribution in [2.24, 2.45) is 0 Å². The van der Waals surface area contributed by atoms with E-state index < -0.39 is 88.9 Å². The van der Waals surface area contributed by atoms with Gasteiger partial charge in [-0.25, -0.2) is 9.13 Å². The Morgan fingerprint density at radius 1 is 0.757 bits per heavy atom. The molecule has 1 fully saturated rings. The second-order valence-corrected chi connectivity index (χ2v) is 10.1. The zero-order valence-electron chi connectivity index (χ0n) is 20.0. The van der Waals surface area contributed by atoms with Crippen LogP contribution in [0.15, 0.2) is 0 Å². The molecule has 1 heterocycles. The first-order valence-electron chi connectivity index (χ1n) is 10.1. The fourth-order valence-corrected chi connectivity index (χ4v) is 4.74. The average Bonchev–Trinajstić information content (AvgIpc) is 2.66. The molecule has 1 aliphatic rings. The third-order valence-electron chi connectivity index (χ3n) is 4.02. The smallest absolute Gasteiger partial charge is 0.462 e. The molecule has 0 aromatic rings. The minimum absolute atomic E-state index is 0.745. The van der Waals surface area contributed by atoms with Crippen LogP contribution in [0.4, 0.5) is 0 Å². The topological polar surface area (TPSA) is 254 Å². The van der Waals surface area contributed by atoms with Crippen LogP contribution < -0.4 is 0 Å². The first-order chi connectivity index (χ1) is 16.8. The highest BCUT2D eigenvalue weighted by Crippen LogP contribution is 2.59. The molecule has 0 amide bonds. The maximum absolute atomic E-state index is 12.2. The zero-order valence-corrected chi connectivity index (χ0v) is 21.8. The van der Waals surface area contributed by atoms with Crippen LogP contribution in [0.1, 0.15) is 34.6 Å². The van der Waals surface area contributed by atoms with Gasteiger partial charge in [-0.05, 0) is 0 Å². The monoisotopic (exact) mass is 580 g/mol. The van der Waals surface area contributed by atoms with Crippen molar-refractivity contribution in [2.45, 2.75) is 71.4 Å². The largest absolute Gasteiger partial charge is 0.483 e. The van der Waals surface area contributed by atoms with E-state index in [2.05, 4.69) is 8.83 Å². The Morgan fingerprint density at radius 2 is 1.24 bits per heavy atom. The van der Waals surface area contributed by atoms with E-state index in [-0.39, 0.29) is 0 Å². The molecule has 1 rings (SSSR count). The molecule has 1 unspecified atom stereocenters. The summed E-state index contributed by atoms with van der Waals surface area (Å²) in [4.78, 5) is 86.1. The second-order valence-electron chi connectivity index (χ2n) is 7.29. The van der Waals surface area contributed by atoms with Gasteiger partial charge in [0.25, 0.3) is 0 Å². The Hall–Kier alpha value is -2.43. The third-order valence-corrected chi connectivity index (χ3v) is 6.17. The summed E-state index contributed by atoms with van der Waals surface area (Å²) in [5.41, 5.74) is 0. The van der Waals surface area contributed by atoms with Crippen LogP contribution in [0, 0.1) is 0 Å². The predicted octanol–water partition coefficient (Wildman–Crippen LogP) is -0.772. The maximum atomic E-state index is 12.2. The summed E-state index contributed by atoms with van der Waals surface area (Å²) in [5, 5.41) is 0. The van der Waals surface area contributed by atoms with Crippen molar-refractivity contribution in [3.63, 3.8) is 0 Å². The molecular weight excluding hydrogens is 554 g/mol. The van der Waals surface area contributed by atoms with E-state index in [1.165, 1.54) is 0 Å². The zero-order chi connectivity index (χ0) is 28.7. The molecule has 18 nitrogen and oxygen atoms in total. The number of phosphoric ester groups is 1. The molecule has 0 aromatic carbocycles. The van der Waals surface area contributed by atoms with Gasteiger partial charge in [-0.15, -0.1) is 0 Å². The summed E-state index contributed by atoms with van der Waals surface area (Å²) in [6.45, 7) is 3.88. The Bertz CT molecular complexity index is 973. The van der Waals surface area contributed by atoms with Crippen LogP contribution in [0.3, 0.4) is 0 Å². The standard InChI is InChI=1S/C17H26O18P2/c1-7(18)28-6-12(29-8(2)19)13-14(30-9(3)20)15(31-10(4)21)16(32-11(5)22)17(33-13)34-37(26,27)35-36(23,24)25/h12-17H,6H2,1-5H3,(H,26,27)(H2,23,24,25)/t12-,13-,14-,15+,16+,17-/m1/s1. The van der Waals surface area contributed by atoms with E-state index in [9.17, 15) is 38.0 Å². The van der Waals surface area contributed by atoms with E-state index in [0.717, 1.165) is 34.6 Å². The van der Waals surface area contributed by atoms with E-state index in [1.807, 2.05) is 0 Å². The molecule has 20 heteroatoms. The van der Waals surface area contributed by atoms with E-state index >= 15 is 0 Å². The lowest BCUT2D eigenvalue weighted by Gasteiger charge is -2.45. The van der Waals surface area contributed by atoms with Crippen molar-refractivity contribution in [1.29, 1.82) is 0 Å². The average molecular weight is 580 g/mol. The number of carbonyl (C=O) groups is 5. The molecule has 0 bridgehead atoms. The molecule has 0 spiro atoms. The molecule has 37 heavy (non-hydrogen) atoms. The highest BCUT2D eigenvalue weighted by Gasteiger charge is 2.57. The molecule has 7 atom stereocenters. The van der Waals surface area contributed by atoms with Gasteiger partial charge in [0.1, 0.15) is 12.7 Å². The first-order valence-corrected chi connectivity index (χ1v) is 13.1. The molecule has 0 aliphatic carbocycles. The normalized spacial score (nSPS) is 26.1. The van der Waals surface area contributed by atoms with Gasteiger partial charge in [0.15, 0.2) is 24.4 Å². The highest BCUT2D eigenvalue weighted by atomic mass is 31.3. The number of phosphoric acid groups is 2. The van der Waals surface area contributed by atoms with Gasteiger partial charge in [-0.1, -0.05) is 0 Å². The Balaban J connectivity index is 3.67. The van der Waals surface area contributed by atoms with Crippen LogP contribution in [0.25, 0.3) is 0 Å². The fourth-order valence-electron chi connectivity index (χ4n) is 3.08. The van der Waals surface area contributed by atoms with Gasteiger partial charge in [0.2, 0.25) is 6.29 Å². The van der Waals surface area contributed by atoms with Gasteiger partial charge in [-0.3, -0.25) is 28.5 Å². The third kappa shape index (κ3) is 11.7. The summed E-state index contributed by atoms with van der Waals surface area (Å²) in [5.74, 6) is -4.98. The summed E-state index contributed by atoms with van der Waals surface area (Å²) in [7, 11) is -11.3. The predicted molar refractivity (Wildman–Crippen MR) is 112 cm³/mol. The van der Waals surface area contributed by atoms with E-state index in [1.54, 1.807) is 0 Å². The number of ether oxygens (including phenoxy) is 6. The summed E-state index contributed by atoms with van der Waals surface area (Å²) in [6.07, 6.45) is -11.5. The van der Waals surface area contributed by atoms with Gasteiger partial charge in [0, 0.05) is 34.6 Å². The van der Waals surface area contributed by atoms with Crippen molar-refractivity contribution in [3.05, 3.63) is 0 Å². The fraction of sp³-hybridized carbons (Fsp3) is 0.706. The molecule has 0 saturated carbocycles. The Labute approximate surface area is 209 Å². The van der Waals surface area contributed by atoms with Crippen LogP contribution in [-0.4, -0.2) is 87.9 Å². The number of hydrogen-bond donors (Lipinski definition) is 3. The van der Waals surface area contributed by atoms with Crippen LogP contribution in [0.2, 0.25) is 0 Å². The Morgan fingerprint density at radius 3 is 1.68 bits per heavy atom. The lowest BCUT2D eigenvalue weighted by Crippen LogP contribution is -2.65. The van der Waals surface area contributed by atoms with E-state index in [0.29, 0.717) is 0 Å². The summed E-state index contributed by atoms with van der Waals surface area (Å²) < 4.78 is 62.3. The van der Waals surface area contributed by atoms with Crippen LogP contribution in [-0.2, 0) is 70.4 Å². The molecular formula is C17H26O18P2. The molecule has 1 aliphatic heterocycles. The quantitative estimate of drug-likeness (QED) is 0.154. The minimum atomic E-state index is -5.71. The summed E-state index contributed by atoms with van der Waals surface area (Å²) in [6, 6.07) is 0. The lowest BCUT2D eigenvalue weighted by atomic mass is 9.94. The van der Waals surface area contributed by atoms with Crippen LogP contribution >= 0.6 is 15.6 Å². The van der Waals surface area contributed by atoms with Crippen molar-refractivity contribution < 1.29 is 85.0 Å². The van der Waals surface area contributed by atoms with Crippen molar-refractivity contribution in [2.75, 3.05) is 6.61 Å². The van der Waals surface area contributed by atoms with Gasteiger partial charge < -0.3 is 43.1 Å².